The maximum Gasteiger partial charge on any atom is 0.135 e. The molecule has 6 heteroatoms. The molecule has 0 atom stereocenters. The zero-order valence-corrected chi connectivity index (χ0v) is 13.7. The highest BCUT2D eigenvalue weighted by Gasteiger charge is 2.20. The molecule has 0 aromatic carbocycles. The number of nitrogens with zero attached hydrogens (tertiary/aromatic N) is 6. The first-order chi connectivity index (χ1) is 10.6. The molecule has 0 bridgehead atoms. The lowest BCUT2D eigenvalue weighted by Gasteiger charge is -2.36. The Hall–Kier alpha value is -1.95. The Morgan fingerprint density at radius 2 is 1.82 bits per heavy atom. The van der Waals surface area contributed by atoms with E-state index in [1.807, 2.05) is 19.3 Å². The average Bonchev–Trinajstić information content (AvgIpc) is 2.94. The van der Waals surface area contributed by atoms with E-state index in [1.165, 1.54) is 5.56 Å². The third kappa shape index (κ3) is 3.11. The summed E-state index contributed by atoms with van der Waals surface area (Å²) >= 11 is 0. The minimum absolute atomic E-state index is 1.01. The molecule has 0 spiro atoms. The highest BCUT2D eigenvalue weighted by molar-refractivity contribution is 5.47. The third-order valence-electron chi connectivity index (χ3n) is 4.55. The fraction of sp³-hybridized carbons (Fsp3) is 0.562. The van der Waals surface area contributed by atoms with E-state index in [0.717, 1.165) is 56.5 Å². The van der Waals surface area contributed by atoms with Crippen LogP contribution in [0.25, 0.3) is 0 Å². The van der Waals surface area contributed by atoms with E-state index in [2.05, 4.69) is 43.3 Å². The van der Waals surface area contributed by atoms with Gasteiger partial charge in [-0.25, -0.2) is 15.0 Å². The SMILES string of the molecule is Cc1ncnc(N2CCN(CCc3nccn3C)CC2)c1C. The van der Waals surface area contributed by atoms with Crippen molar-refractivity contribution in [2.24, 2.45) is 7.05 Å². The molecule has 0 N–H and O–H groups in total. The van der Waals surface area contributed by atoms with Gasteiger partial charge in [0, 0.05) is 69.8 Å². The Kier molecular flexibility index (Phi) is 4.38. The van der Waals surface area contributed by atoms with E-state index in [0.29, 0.717) is 0 Å². The minimum atomic E-state index is 1.01. The predicted molar refractivity (Wildman–Crippen MR) is 87.1 cm³/mol. The van der Waals surface area contributed by atoms with Gasteiger partial charge in [-0.1, -0.05) is 0 Å². The van der Waals surface area contributed by atoms with Crippen LogP contribution in [0, 0.1) is 13.8 Å². The number of hydrogen-bond acceptors (Lipinski definition) is 5. The van der Waals surface area contributed by atoms with Gasteiger partial charge in [-0.2, -0.15) is 0 Å². The van der Waals surface area contributed by atoms with Gasteiger partial charge in [-0.15, -0.1) is 0 Å². The monoisotopic (exact) mass is 300 g/mol. The second kappa shape index (κ2) is 6.44. The molecule has 118 valence electrons. The van der Waals surface area contributed by atoms with Crippen LogP contribution in [0.3, 0.4) is 0 Å². The lowest BCUT2D eigenvalue weighted by atomic mass is 10.2. The predicted octanol–water partition coefficient (Wildman–Crippen LogP) is 1.19. The Morgan fingerprint density at radius 1 is 1.05 bits per heavy atom. The zero-order chi connectivity index (χ0) is 15.5. The Bertz CT molecular complexity index is 627. The zero-order valence-electron chi connectivity index (χ0n) is 13.7. The van der Waals surface area contributed by atoms with Gasteiger partial charge in [0.25, 0.3) is 0 Å². The van der Waals surface area contributed by atoms with Crippen LogP contribution < -0.4 is 4.90 Å². The highest BCUT2D eigenvalue weighted by Crippen LogP contribution is 2.19. The van der Waals surface area contributed by atoms with Gasteiger partial charge in [-0.3, -0.25) is 4.90 Å². The molecule has 6 nitrogen and oxygen atoms in total. The van der Waals surface area contributed by atoms with Crippen LogP contribution in [0.15, 0.2) is 18.7 Å². The number of piperazine rings is 1. The molecule has 2 aromatic rings. The van der Waals surface area contributed by atoms with Crippen molar-refractivity contribution in [3.63, 3.8) is 0 Å². The first-order valence-electron chi connectivity index (χ1n) is 7.87. The van der Waals surface area contributed by atoms with Gasteiger partial charge < -0.3 is 9.47 Å². The Morgan fingerprint density at radius 3 is 2.50 bits per heavy atom. The summed E-state index contributed by atoms with van der Waals surface area (Å²) in [4.78, 5) is 18.0. The molecule has 2 aromatic heterocycles. The molecule has 0 unspecified atom stereocenters. The van der Waals surface area contributed by atoms with Crippen LogP contribution in [0.4, 0.5) is 5.82 Å². The van der Waals surface area contributed by atoms with Crippen molar-refractivity contribution in [2.75, 3.05) is 37.6 Å². The van der Waals surface area contributed by atoms with Crippen LogP contribution in [-0.4, -0.2) is 57.1 Å². The molecule has 0 aliphatic carbocycles. The molecule has 1 aliphatic heterocycles. The summed E-state index contributed by atoms with van der Waals surface area (Å²) in [6, 6.07) is 0. The van der Waals surface area contributed by atoms with E-state index in [1.54, 1.807) is 6.33 Å². The number of imidazole rings is 1. The summed E-state index contributed by atoms with van der Waals surface area (Å²) in [5, 5.41) is 0. The molecule has 3 rings (SSSR count). The number of aromatic nitrogens is 4. The van der Waals surface area contributed by atoms with Crippen LogP contribution in [0.5, 0.6) is 0 Å². The topological polar surface area (TPSA) is 50.1 Å². The smallest absolute Gasteiger partial charge is 0.135 e. The van der Waals surface area contributed by atoms with Crippen molar-refractivity contribution in [1.82, 2.24) is 24.4 Å². The number of aryl methyl sites for hydroxylation is 2. The molecule has 0 amide bonds. The second-order valence-corrected chi connectivity index (χ2v) is 5.94. The summed E-state index contributed by atoms with van der Waals surface area (Å²) in [7, 11) is 2.06. The lowest BCUT2D eigenvalue weighted by Crippen LogP contribution is -2.47. The van der Waals surface area contributed by atoms with Gasteiger partial charge in [0.2, 0.25) is 0 Å². The van der Waals surface area contributed by atoms with Gasteiger partial charge in [-0.05, 0) is 13.8 Å². The van der Waals surface area contributed by atoms with E-state index >= 15 is 0 Å². The molecular weight excluding hydrogens is 276 g/mol. The molecule has 0 radical (unpaired) electrons. The third-order valence-corrected chi connectivity index (χ3v) is 4.55. The van der Waals surface area contributed by atoms with E-state index < -0.39 is 0 Å². The van der Waals surface area contributed by atoms with E-state index in [9.17, 15) is 0 Å². The van der Waals surface area contributed by atoms with Crippen molar-refractivity contribution >= 4 is 5.82 Å². The van der Waals surface area contributed by atoms with Crippen molar-refractivity contribution < 1.29 is 0 Å². The van der Waals surface area contributed by atoms with Crippen molar-refractivity contribution in [2.45, 2.75) is 20.3 Å². The minimum Gasteiger partial charge on any atom is -0.354 e. The molecule has 22 heavy (non-hydrogen) atoms. The van der Waals surface area contributed by atoms with Gasteiger partial charge in [0.15, 0.2) is 0 Å². The Labute approximate surface area is 131 Å². The maximum atomic E-state index is 4.47. The molecular formula is C16H24N6. The molecule has 1 aliphatic rings. The van der Waals surface area contributed by atoms with Crippen molar-refractivity contribution in [3.05, 3.63) is 35.8 Å². The quantitative estimate of drug-likeness (QED) is 0.849. The van der Waals surface area contributed by atoms with Crippen molar-refractivity contribution in [1.29, 1.82) is 0 Å². The van der Waals surface area contributed by atoms with Gasteiger partial charge in [0.05, 0.1) is 0 Å². The van der Waals surface area contributed by atoms with Crippen LogP contribution in [0.1, 0.15) is 17.1 Å². The lowest BCUT2D eigenvalue weighted by molar-refractivity contribution is 0.258. The summed E-state index contributed by atoms with van der Waals surface area (Å²) < 4.78 is 2.10. The fourth-order valence-corrected chi connectivity index (χ4v) is 2.92. The molecule has 3 heterocycles. The largest absolute Gasteiger partial charge is 0.354 e. The molecule has 0 saturated carbocycles. The fourth-order valence-electron chi connectivity index (χ4n) is 2.92. The number of anilines is 1. The van der Waals surface area contributed by atoms with Gasteiger partial charge in [0.1, 0.15) is 18.0 Å². The summed E-state index contributed by atoms with van der Waals surface area (Å²) in [6.07, 6.45) is 6.56. The summed E-state index contributed by atoms with van der Waals surface area (Å²) in [6.45, 7) is 9.43. The number of hydrogen-bond donors (Lipinski definition) is 0. The number of rotatable bonds is 4. The average molecular weight is 300 g/mol. The standard InChI is InChI=1S/C16H24N6/c1-13-14(2)18-12-19-16(13)22-10-8-21(9-11-22)6-4-15-17-5-7-20(15)3/h5,7,12H,4,6,8-11H2,1-3H3. The van der Waals surface area contributed by atoms with Gasteiger partial charge >= 0.3 is 0 Å². The van der Waals surface area contributed by atoms with Crippen LogP contribution in [-0.2, 0) is 13.5 Å². The summed E-state index contributed by atoms with van der Waals surface area (Å²) in [5.41, 5.74) is 2.27. The van der Waals surface area contributed by atoms with Crippen LogP contribution >= 0.6 is 0 Å². The normalized spacial score (nSPS) is 16.2. The summed E-state index contributed by atoms with van der Waals surface area (Å²) in [5.74, 6) is 2.25. The molecule has 1 fully saturated rings. The first kappa shape index (κ1) is 15.0. The van der Waals surface area contributed by atoms with Crippen LogP contribution in [0.2, 0.25) is 0 Å². The highest BCUT2D eigenvalue weighted by atomic mass is 15.3. The maximum absolute atomic E-state index is 4.47. The van der Waals surface area contributed by atoms with E-state index in [-0.39, 0.29) is 0 Å². The molecule has 1 saturated heterocycles. The second-order valence-electron chi connectivity index (χ2n) is 5.94. The van der Waals surface area contributed by atoms with Crippen molar-refractivity contribution in [3.8, 4) is 0 Å². The van der Waals surface area contributed by atoms with E-state index in [4.69, 9.17) is 0 Å². The Balaban J connectivity index is 1.54. The first-order valence-corrected chi connectivity index (χ1v) is 7.87.